The maximum Gasteiger partial charge on any atom is 0.314 e. The molecule has 2 heterocycles. The highest BCUT2D eigenvalue weighted by Crippen LogP contribution is 2.73. The molecule has 0 amide bonds. The van der Waals surface area contributed by atoms with Crippen LogP contribution in [0.4, 0.5) is 0 Å². The number of hydrogen-bond acceptors (Lipinski definition) is 13. The molecule has 13 heteroatoms. The van der Waals surface area contributed by atoms with Gasteiger partial charge in [-0.15, -0.1) is 0 Å². The number of hydrogen-bond donors (Lipinski definition) is 8. The maximum atomic E-state index is 13.9. The highest BCUT2D eigenvalue weighted by molar-refractivity contribution is 5.77. The van der Waals surface area contributed by atoms with Crippen LogP contribution in [-0.2, 0) is 23.7 Å². The summed E-state index contributed by atoms with van der Waals surface area (Å²) in [7, 11) is 0. The van der Waals surface area contributed by atoms with E-state index in [9.17, 15) is 45.6 Å². The number of carbonyl (C=O) groups is 1. The monoisotopic (exact) mass is 642 g/mol. The lowest BCUT2D eigenvalue weighted by Crippen LogP contribution is -2.63. The SMILES string of the molecule is C=C1C[C@@]23CC[C@@H]4[C@@](C)(CCC[C@@]4(C)C(=O)O[C@H]4O[C@@H](CO)[C@H](O)[C@@H](O)[C@@H]4O)[C@@H]2CC[C@]1(O[C@@H]1O[C@H](CO)[C@H](O)[C@@H](O)[C@@H]1O)C3. The Bertz CT molecular complexity index is 1150. The van der Waals surface area contributed by atoms with E-state index in [1.807, 2.05) is 6.92 Å². The molecule has 0 unspecified atom stereocenters. The number of fused-ring (bicyclic) bond motifs is 3. The molecule has 4 aliphatic carbocycles. The summed E-state index contributed by atoms with van der Waals surface area (Å²) in [5.41, 5.74) is -1.20. The number of carbonyl (C=O) groups excluding carboxylic acids is 1. The standard InChI is InChI=1S/C32H50O13/c1-15-11-31-9-5-18-29(2,7-4-8-30(18,3)28(41)44-26-24(39)22(37)20(35)16(12-33)42-26)19(31)6-10-32(15,14-31)45-27-25(40)23(38)21(36)17(13-34)43-27/h16-27,33-40H,1,4-14H2,2-3H3/t16-,17+,18+,19-,20-,21-,22+,23+,24-,25-,26+,27-,29+,30+,31+,32-/m0/s1. The van der Waals surface area contributed by atoms with Crippen LogP contribution in [0.1, 0.15) is 71.6 Å². The van der Waals surface area contributed by atoms with Crippen LogP contribution in [0.2, 0.25) is 0 Å². The Morgan fingerprint density at radius 3 is 2.00 bits per heavy atom. The minimum absolute atomic E-state index is 0.0421. The fourth-order valence-electron chi connectivity index (χ4n) is 10.5. The van der Waals surface area contributed by atoms with Gasteiger partial charge in [-0.05, 0) is 86.5 Å². The van der Waals surface area contributed by atoms with Gasteiger partial charge in [-0.1, -0.05) is 19.9 Å². The van der Waals surface area contributed by atoms with Gasteiger partial charge in [-0.25, -0.2) is 0 Å². The van der Waals surface area contributed by atoms with Gasteiger partial charge in [0.1, 0.15) is 48.8 Å². The molecule has 8 N–H and O–H groups in total. The van der Waals surface area contributed by atoms with Crippen LogP contribution >= 0.6 is 0 Å². The van der Waals surface area contributed by atoms with Gasteiger partial charge in [0, 0.05) is 0 Å². The van der Waals surface area contributed by atoms with Crippen molar-refractivity contribution in [3.05, 3.63) is 12.2 Å². The average molecular weight is 643 g/mol. The fourth-order valence-corrected chi connectivity index (χ4v) is 10.5. The van der Waals surface area contributed by atoms with Crippen LogP contribution in [0, 0.1) is 28.1 Å². The Kier molecular flexibility index (Phi) is 8.77. The van der Waals surface area contributed by atoms with E-state index in [2.05, 4.69) is 13.5 Å². The number of aliphatic hydroxyl groups excluding tert-OH is 8. The molecule has 0 radical (unpaired) electrons. The normalized spacial score (nSPS) is 54.7. The zero-order valence-corrected chi connectivity index (χ0v) is 26.0. The third-order valence-corrected chi connectivity index (χ3v) is 12.9. The highest BCUT2D eigenvalue weighted by atomic mass is 16.7. The van der Waals surface area contributed by atoms with Gasteiger partial charge in [-0.2, -0.15) is 0 Å². The van der Waals surface area contributed by atoms with E-state index < -0.39 is 91.6 Å². The second-order valence-electron chi connectivity index (χ2n) is 15.2. The number of esters is 1. The lowest BCUT2D eigenvalue weighted by molar-refractivity contribution is -0.327. The third kappa shape index (κ3) is 5.04. The molecular weight excluding hydrogens is 592 g/mol. The first-order valence-corrected chi connectivity index (χ1v) is 16.3. The van der Waals surface area contributed by atoms with Crippen LogP contribution in [-0.4, -0.2) is 127 Å². The quantitative estimate of drug-likeness (QED) is 0.102. The van der Waals surface area contributed by atoms with Gasteiger partial charge in [0.2, 0.25) is 6.29 Å². The minimum Gasteiger partial charge on any atom is -0.432 e. The van der Waals surface area contributed by atoms with Crippen molar-refractivity contribution in [1.82, 2.24) is 0 Å². The van der Waals surface area contributed by atoms with Gasteiger partial charge in [0.15, 0.2) is 6.29 Å². The van der Waals surface area contributed by atoms with E-state index in [-0.39, 0.29) is 22.7 Å². The van der Waals surface area contributed by atoms with E-state index in [1.54, 1.807) is 0 Å². The Morgan fingerprint density at radius 1 is 0.800 bits per heavy atom. The molecule has 45 heavy (non-hydrogen) atoms. The third-order valence-electron chi connectivity index (χ3n) is 12.9. The van der Waals surface area contributed by atoms with E-state index in [0.717, 1.165) is 37.7 Å². The lowest BCUT2D eigenvalue weighted by Gasteiger charge is -2.64. The molecule has 2 bridgehead atoms. The second kappa shape index (κ2) is 11.7. The zero-order valence-electron chi connectivity index (χ0n) is 26.0. The molecular formula is C32H50O13. The van der Waals surface area contributed by atoms with Gasteiger partial charge in [0.25, 0.3) is 0 Å². The number of ether oxygens (including phenoxy) is 4. The Morgan fingerprint density at radius 2 is 1.38 bits per heavy atom. The lowest BCUT2D eigenvalue weighted by atomic mass is 9.41. The van der Waals surface area contributed by atoms with Crippen molar-refractivity contribution in [1.29, 1.82) is 0 Å². The van der Waals surface area contributed by atoms with Gasteiger partial charge in [-0.3, -0.25) is 4.79 Å². The van der Waals surface area contributed by atoms with E-state index in [1.165, 1.54) is 0 Å². The highest BCUT2D eigenvalue weighted by Gasteiger charge is 2.69. The average Bonchev–Trinajstić information content (AvgIpc) is 3.20. The molecule has 0 aromatic heterocycles. The summed E-state index contributed by atoms with van der Waals surface area (Å²) in [5.74, 6) is -0.348. The molecule has 13 nitrogen and oxygen atoms in total. The first-order chi connectivity index (χ1) is 21.2. The van der Waals surface area contributed by atoms with Crippen molar-refractivity contribution in [2.45, 2.75) is 139 Å². The smallest absolute Gasteiger partial charge is 0.314 e. The van der Waals surface area contributed by atoms with Crippen LogP contribution in [0.5, 0.6) is 0 Å². The van der Waals surface area contributed by atoms with Crippen molar-refractivity contribution in [2.75, 3.05) is 13.2 Å². The van der Waals surface area contributed by atoms with Crippen LogP contribution in [0.25, 0.3) is 0 Å². The molecule has 6 fully saturated rings. The topological polar surface area (TPSA) is 216 Å². The Hall–Kier alpha value is -1.23. The predicted molar refractivity (Wildman–Crippen MR) is 154 cm³/mol. The summed E-state index contributed by atoms with van der Waals surface area (Å²) in [6.07, 6.45) is -7.82. The molecule has 0 aromatic carbocycles. The van der Waals surface area contributed by atoms with E-state index in [0.29, 0.717) is 25.7 Å². The van der Waals surface area contributed by atoms with Crippen molar-refractivity contribution in [3.63, 3.8) is 0 Å². The van der Waals surface area contributed by atoms with Crippen LogP contribution < -0.4 is 0 Å². The maximum absolute atomic E-state index is 13.9. The summed E-state index contributed by atoms with van der Waals surface area (Å²) in [5, 5.41) is 81.4. The van der Waals surface area contributed by atoms with Gasteiger partial charge in [0.05, 0.1) is 24.2 Å². The van der Waals surface area contributed by atoms with Crippen LogP contribution in [0.15, 0.2) is 12.2 Å². The molecule has 256 valence electrons. The molecule has 6 rings (SSSR count). The van der Waals surface area contributed by atoms with Crippen molar-refractivity contribution < 1.29 is 64.6 Å². The molecule has 2 saturated heterocycles. The van der Waals surface area contributed by atoms with E-state index >= 15 is 0 Å². The largest absolute Gasteiger partial charge is 0.432 e. The Balaban J connectivity index is 1.20. The summed E-state index contributed by atoms with van der Waals surface area (Å²) < 4.78 is 23.4. The first-order valence-electron chi connectivity index (χ1n) is 16.3. The second-order valence-corrected chi connectivity index (χ2v) is 15.2. The zero-order chi connectivity index (χ0) is 32.7. The summed E-state index contributed by atoms with van der Waals surface area (Å²) in [4.78, 5) is 13.9. The van der Waals surface area contributed by atoms with E-state index in [4.69, 9.17) is 18.9 Å². The van der Waals surface area contributed by atoms with Gasteiger partial charge >= 0.3 is 5.97 Å². The molecule has 6 aliphatic rings. The minimum atomic E-state index is -1.67. The number of rotatable bonds is 6. The summed E-state index contributed by atoms with van der Waals surface area (Å²) >= 11 is 0. The fraction of sp³-hybridized carbons (Fsp3) is 0.906. The molecule has 4 saturated carbocycles. The molecule has 1 spiro atoms. The van der Waals surface area contributed by atoms with Crippen LogP contribution in [0.3, 0.4) is 0 Å². The number of aliphatic hydroxyl groups is 8. The Labute approximate surface area is 262 Å². The van der Waals surface area contributed by atoms with Crippen molar-refractivity contribution in [2.24, 2.45) is 28.1 Å². The summed E-state index contributed by atoms with van der Waals surface area (Å²) in [6.45, 7) is 7.41. The van der Waals surface area contributed by atoms with Crippen molar-refractivity contribution >= 4 is 5.97 Å². The van der Waals surface area contributed by atoms with Gasteiger partial charge < -0.3 is 59.8 Å². The molecule has 0 aromatic rings. The molecule has 16 atom stereocenters. The predicted octanol–water partition coefficient (Wildman–Crippen LogP) is -0.762. The first kappa shape index (κ1) is 33.7. The molecule has 2 aliphatic heterocycles. The summed E-state index contributed by atoms with van der Waals surface area (Å²) in [6, 6.07) is 0. The van der Waals surface area contributed by atoms with Crippen molar-refractivity contribution in [3.8, 4) is 0 Å².